The standard InChI is InChI=1S/C40H30N2O3/c1-2-3-4-23-44-38-20-12-30(13-21-38)6-5-29-7-14-33(15-8-29)37(28-42)24-31-9-16-34(17-10-31)40(43)45-39-22-19-35-25-32(27-41)11-18-36(35)26-39/h7-22,24-26H,2-4,23H2,1H3/b37-24+. The summed E-state index contributed by atoms with van der Waals surface area (Å²) >= 11 is 0. The number of esters is 1. The first-order chi connectivity index (χ1) is 22.0. The molecule has 0 spiro atoms. The molecular weight excluding hydrogens is 556 g/mol. The Bertz CT molecular complexity index is 1980. The van der Waals surface area contributed by atoms with Crippen LogP contribution in [0.2, 0.25) is 0 Å². The zero-order valence-electron chi connectivity index (χ0n) is 24.9. The van der Waals surface area contributed by atoms with E-state index in [1.54, 1.807) is 54.6 Å². The summed E-state index contributed by atoms with van der Waals surface area (Å²) in [4.78, 5) is 12.8. The fraction of sp³-hybridized carbons (Fsp3) is 0.125. The largest absolute Gasteiger partial charge is 0.494 e. The van der Waals surface area contributed by atoms with E-state index in [2.05, 4.69) is 30.9 Å². The molecule has 0 aromatic heterocycles. The van der Waals surface area contributed by atoms with Gasteiger partial charge in [-0.25, -0.2) is 4.79 Å². The van der Waals surface area contributed by atoms with Crippen molar-refractivity contribution in [1.29, 1.82) is 10.5 Å². The van der Waals surface area contributed by atoms with Crippen LogP contribution in [0.4, 0.5) is 0 Å². The topological polar surface area (TPSA) is 83.1 Å². The molecule has 0 aliphatic carbocycles. The summed E-state index contributed by atoms with van der Waals surface area (Å²) in [5.74, 6) is 7.13. The minimum atomic E-state index is -0.484. The Balaban J connectivity index is 1.20. The fourth-order valence-electron chi connectivity index (χ4n) is 4.64. The summed E-state index contributed by atoms with van der Waals surface area (Å²) in [6.45, 7) is 2.90. The third-order valence-corrected chi connectivity index (χ3v) is 7.15. The second-order valence-corrected chi connectivity index (χ2v) is 10.4. The van der Waals surface area contributed by atoms with Crippen molar-refractivity contribution in [3.05, 3.63) is 143 Å². The predicted molar refractivity (Wildman–Crippen MR) is 177 cm³/mol. The highest BCUT2D eigenvalue weighted by atomic mass is 16.5. The molecule has 0 radical (unpaired) electrons. The van der Waals surface area contributed by atoms with Gasteiger partial charge in [-0.1, -0.05) is 68.0 Å². The van der Waals surface area contributed by atoms with Gasteiger partial charge < -0.3 is 9.47 Å². The molecule has 5 aromatic carbocycles. The van der Waals surface area contributed by atoms with Gasteiger partial charge in [0.25, 0.3) is 0 Å². The number of carbonyl (C=O) groups is 1. The Morgan fingerprint density at radius 1 is 0.689 bits per heavy atom. The highest BCUT2D eigenvalue weighted by molar-refractivity contribution is 5.94. The number of hydrogen-bond donors (Lipinski definition) is 0. The average molecular weight is 587 g/mol. The first kappa shape index (κ1) is 30.4. The number of nitrogens with zero attached hydrogens (tertiary/aromatic N) is 2. The summed E-state index contributed by atoms with van der Waals surface area (Å²) in [6.07, 6.45) is 5.17. The van der Waals surface area contributed by atoms with Crippen LogP contribution in [-0.2, 0) is 0 Å². The molecule has 0 unspecified atom stereocenters. The van der Waals surface area contributed by atoms with Crippen LogP contribution in [-0.4, -0.2) is 12.6 Å². The van der Waals surface area contributed by atoms with Crippen molar-refractivity contribution in [1.82, 2.24) is 0 Å². The summed E-state index contributed by atoms with van der Waals surface area (Å²) in [7, 11) is 0. The lowest BCUT2D eigenvalue weighted by molar-refractivity contribution is 0.0735. The summed E-state index contributed by atoms with van der Waals surface area (Å²) in [5, 5.41) is 20.7. The van der Waals surface area contributed by atoms with Crippen molar-refractivity contribution in [2.24, 2.45) is 0 Å². The summed E-state index contributed by atoms with van der Waals surface area (Å²) in [5.41, 5.74) is 4.76. The van der Waals surface area contributed by atoms with E-state index in [0.29, 0.717) is 22.4 Å². The minimum Gasteiger partial charge on any atom is -0.494 e. The number of unbranched alkanes of at least 4 members (excludes halogenated alkanes) is 2. The zero-order valence-corrected chi connectivity index (χ0v) is 24.9. The zero-order chi connectivity index (χ0) is 31.4. The number of rotatable bonds is 9. The quantitative estimate of drug-likeness (QED) is 0.0430. The van der Waals surface area contributed by atoms with Gasteiger partial charge >= 0.3 is 5.97 Å². The van der Waals surface area contributed by atoms with Crippen molar-refractivity contribution < 1.29 is 14.3 Å². The SMILES string of the molecule is CCCCCOc1ccc(C#Cc2ccc(/C(C#N)=C/c3ccc(C(=O)Oc4ccc5cc(C#N)ccc5c4)cc3)cc2)cc1. The second-order valence-electron chi connectivity index (χ2n) is 10.4. The van der Waals surface area contributed by atoms with E-state index >= 15 is 0 Å². The highest BCUT2D eigenvalue weighted by Gasteiger charge is 2.10. The smallest absolute Gasteiger partial charge is 0.343 e. The molecule has 0 N–H and O–H groups in total. The molecule has 0 heterocycles. The molecule has 0 saturated heterocycles. The predicted octanol–water partition coefficient (Wildman–Crippen LogP) is 8.96. The van der Waals surface area contributed by atoms with Crippen LogP contribution in [0.5, 0.6) is 11.5 Å². The molecule has 0 aliphatic heterocycles. The monoisotopic (exact) mass is 586 g/mol. The molecule has 5 heteroatoms. The van der Waals surface area contributed by atoms with Crippen molar-refractivity contribution >= 4 is 28.4 Å². The van der Waals surface area contributed by atoms with Gasteiger partial charge in [0.15, 0.2) is 0 Å². The number of fused-ring (bicyclic) bond motifs is 1. The van der Waals surface area contributed by atoms with Gasteiger partial charge in [-0.3, -0.25) is 0 Å². The molecule has 5 nitrogen and oxygen atoms in total. The Morgan fingerprint density at radius 2 is 1.29 bits per heavy atom. The van der Waals surface area contributed by atoms with Crippen molar-refractivity contribution in [2.45, 2.75) is 26.2 Å². The number of allylic oxidation sites excluding steroid dienone is 1. The Labute approximate surface area is 263 Å². The molecule has 5 aromatic rings. The van der Waals surface area contributed by atoms with Crippen molar-refractivity contribution in [3.63, 3.8) is 0 Å². The third kappa shape index (κ3) is 8.26. The van der Waals surface area contributed by atoms with E-state index in [0.717, 1.165) is 51.8 Å². The number of carbonyl (C=O) groups excluding carboxylic acids is 1. The minimum absolute atomic E-state index is 0.391. The molecule has 5 rings (SSSR count). The van der Waals surface area contributed by atoms with Crippen LogP contribution >= 0.6 is 0 Å². The van der Waals surface area contributed by atoms with Gasteiger partial charge in [0.2, 0.25) is 0 Å². The van der Waals surface area contributed by atoms with Crippen molar-refractivity contribution in [3.8, 4) is 35.5 Å². The lowest BCUT2D eigenvalue weighted by Crippen LogP contribution is -2.08. The number of nitriles is 2. The van der Waals surface area contributed by atoms with Gasteiger partial charge in [0, 0.05) is 11.1 Å². The molecule has 0 atom stereocenters. The lowest BCUT2D eigenvalue weighted by Gasteiger charge is -2.07. The maximum absolute atomic E-state index is 12.8. The van der Waals surface area contributed by atoms with Crippen molar-refractivity contribution in [2.75, 3.05) is 6.61 Å². The second kappa shape index (κ2) is 14.9. The van der Waals surface area contributed by atoms with E-state index < -0.39 is 5.97 Å². The van der Waals surface area contributed by atoms with Gasteiger partial charge in [-0.15, -0.1) is 0 Å². The Kier molecular flexibility index (Phi) is 10.0. The van der Waals surface area contributed by atoms with Crippen LogP contribution in [0.1, 0.15) is 64.4 Å². The van der Waals surface area contributed by atoms with Gasteiger partial charge in [0.1, 0.15) is 11.5 Å². The molecule has 0 fully saturated rings. The molecular formula is C40H30N2O3. The lowest BCUT2D eigenvalue weighted by atomic mass is 10.0. The Hall–Kier alpha value is -6.09. The highest BCUT2D eigenvalue weighted by Crippen LogP contribution is 2.24. The first-order valence-electron chi connectivity index (χ1n) is 14.8. The first-order valence-corrected chi connectivity index (χ1v) is 14.8. The number of hydrogen-bond acceptors (Lipinski definition) is 5. The molecule has 45 heavy (non-hydrogen) atoms. The van der Waals surface area contributed by atoms with E-state index in [-0.39, 0.29) is 0 Å². The summed E-state index contributed by atoms with van der Waals surface area (Å²) in [6, 6.07) is 37.3. The molecule has 218 valence electrons. The van der Waals surface area contributed by atoms with Crippen LogP contribution in [0, 0.1) is 34.5 Å². The van der Waals surface area contributed by atoms with Crippen LogP contribution in [0.15, 0.2) is 109 Å². The van der Waals surface area contributed by atoms with Crippen LogP contribution in [0.25, 0.3) is 22.4 Å². The van der Waals surface area contributed by atoms with Gasteiger partial charge in [-0.2, -0.15) is 10.5 Å². The van der Waals surface area contributed by atoms with Gasteiger partial charge in [-0.05, 0) is 107 Å². The Morgan fingerprint density at radius 3 is 1.96 bits per heavy atom. The number of benzene rings is 5. The summed E-state index contributed by atoms with van der Waals surface area (Å²) < 4.78 is 11.3. The molecule has 0 saturated carbocycles. The number of ether oxygens (including phenoxy) is 2. The normalized spacial score (nSPS) is 10.7. The van der Waals surface area contributed by atoms with E-state index in [1.807, 2.05) is 60.7 Å². The van der Waals surface area contributed by atoms with Crippen LogP contribution in [0.3, 0.4) is 0 Å². The van der Waals surface area contributed by atoms with E-state index in [1.165, 1.54) is 12.8 Å². The maximum atomic E-state index is 12.8. The van der Waals surface area contributed by atoms with Gasteiger partial charge in [0.05, 0.1) is 35.4 Å². The third-order valence-electron chi connectivity index (χ3n) is 7.15. The maximum Gasteiger partial charge on any atom is 0.343 e. The average Bonchev–Trinajstić information content (AvgIpc) is 3.09. The molecule has 0 bridgehead atoms. The van der Waals surface area contributed by atoms with E-state index in [4.69, 9.17) is 14.7 Å². The molecule has 0 aliphatic rings. The molecule has 0 amide bonds. The fourth-order valence-corrected chi connectivity index (χ4v) is 4.64. The van der Waals surface area contributed by atoms with E-state index in [9.17, 15) is 10.1 Å². The van der Waals surface area contributed by atoms with Crippen LogP contribution < -0.4 is 9.47 Å².